The van der Waals surface area contributed by atoms with E-state index in [0.29, 0.717) is 6.04 Å². The molecule has 92 valence electrons. The Hall–Kier alpha value is -0.280. The monoisotopic (exact) mass is 287 g/mol. The maximum Gasteiger partial charge on any atom is 0.169 e. The van der Waals surface area contributed by atoms with Gasteiger partial charge in [0.15, 0.2) is 4.67 Å². The van der Waals surface area contributed by atoms with Gasteiger partial charge in [0, 0.05) is 6.04 Å². The van der Waals surface area contributed by atoms with Gasteiger partial charge in [-0.3, -0.25) is 0 Å². The molecule has 2 nitrogen and oxygen atoms in total. The van der Waals surface area contributed by atoms with E-state index in [0.717, 1.165) is 16.3 Å². The third kappa shape index (κ3) is 3.63. The maximum atomic E-state index is 5.55. The molecule has 1 N–H and O–H groups in total. The van der Waals surface area contributed by atoms with Crippen molar-refractivity contribution in [2.75, 3.05) is 0 Å². The first-order chi connectivity index (χ1) is 7.58. The van der Waals surface area contributed by atoms with Gasteiger partial charge in [-0.25, -0.2) is 0 Å². The van der Waals surface area contributed by atoms with Crippen molar-refractivity contribution >= 4 is 15.9 Å². The topological polar surface area (TPSA) is 25.2 Å². The molecule has 16 heavy (non-hydrogen) atoms. The van der Waals surface area contributed by atoms with Crippen LogP contribution in [0.15, 0.2) is 21.2 Å². The molecule has 0 radical (unpaired) electrons. The summed E-state index contributed by atoms with van der Waals surface area (Å²) in [5.41, 5.74) is 0. The molecule has 0 aliphatic carbocycles. The van der Waals surface area contributed by atoms with Gasteiger partial charge in [-0.15, -0.1) is 0 Å². The van der Waals surface area contributed by atoms with Gasteiger partial charge in [-0.1, -0.05) is 26.7 Å². The van der Waals surface area contributed by atoms with E-state index in [1.807, 2.05) is 12.1 Å². The molecule has 0 bridgehead atoms. The zero-order chi connectivity index (χ0) is 12.1. The van der Waals surface area contributed by atoms with Crippen molar-refractivity contribution in [3.8, 4) is 0 Å². The molecule has 0 spiro atoms. The largest absolute Gasteiger partial charge is 0.453 e. The van der Waals surface area contributed by atoms with Crippen LogP contribution in [0.3, 0.4) is 0 Å². The van der Waals surface area contributed by atoms with Crippen LogP contribution in [-0.2, 0) is 0 Å². The molecule has 0 aliphatic heterocycles. The van der Waals surface area contributed by atoms with Crippen LogP contribution in [0.25, 0.3) is 0 Å². The zero-order valence-corrected chi connectivity index (χ0v) is 12.2. The predicted molar refractivity (Wildman–Crippen MR) is 71.5 cm³/mol. The van der Waals surface area contributed by atoms with Crippen molar-refractivity contribution in [2.45, 2.75) is 52.6 Å². The number of hydrogen-bond acceptors (Lipinski definition) is 2. The van der Waals surface area contributed by atoms with Crippen molar-refractivity contribution in [2.24, 2.45) is 5.92 Å². The molecule has 0 fully saturated rings. The van der Waals surface area contributed by atoms with Gasteiger partial charge in [-0.05, 0) is 47.8 Å². The minimum Gasteiger partial charge on any atom is -0.453 e. The van der Waals surface area contributed by atoms with Crippen LogP contribution in [0.1, 0.15) is 52.3 Å². The molecule has 2 atom stereocenters. The van der Waals surface area contributed by atoms with E-state index in [-0.39, 0.29) is 6.04 Å². The smallest absolute Gasteiger partial charge is 0.169 e. The van der Waals surface area contributed by atoms with Crippen LogP contribution in [0.5, 0.6) is 0 Å². The summed E-state index contributed by atoms with van der Waals surface area (Å²) in [7, 11) is 0. The Labute approximate surface area is 107 Å². The van der Waals surface area contributed by atoms with E-state index in [2.05, 4.69) is 48.9 Å². The minimum atomic E-state index is 0.266. The molecule has 2 unspecified atom stereocenters. The first-order valence-corrected chi connectivity index (χ1v) is 6.89. The summed E-state index contributed by atoms with van der Waals surface area (Å²) >= 11 is 3.33. The van der Waals surface area contributed by atoms with Crippen LogP contribution in [-0.4, -0.2) is 6.04 Å². The summed E-state index contributed by atoms with van der Waals surface area (Å²) in [6, 6.07) is 4.74. The van der Waals surface area contributed by atoms with Crippen molar-refractivity contribution < 1.29 is 4.42 Å². The van der Waals surface area contributed by atoms with Gasteiger partial charge in [0.25, 0.3) is 0 Å². The average Bonchev–Trinajstić information content (AvgIpc) is 2.66. The van der Waals surface area contributed by atoms with Gasteiger partial charge < -0.3 is 9.73 Å². The Morgan fingerprint density at radius 3 is 2.31 bits per heavy atom. The number of nitrogens with one attached hydrogen (secondary N) is 1. The molecule has 1 heterocycles. The summed E-state index contributed by atoms with van der Waals surface area (Å²) in [5, 5.41) is 3.60. The van der Waals surface area contributed by atoms with Crippen molar-refractivity contribution in [3.05, 3.63) is 22.6 Å². The summed E-state index contributed by atoms with van der Waals surface area (Å²) in [5.74, 6) is 1.73. The van der Waals surface area contributed by atoms with E-state index in [1.54, 1.807) is 0 Å². The SMILES string of the molecule is CCC(CC)C(C)NC(C)c1ccc(Br)o1. The van der Waals surface area contributed by atoms with Crippen LogP contribution in [0.4, 0.5) is 0 Å². The zero-order valence-electron chi connectivity index (χ0n) is 10.6. The fraction of sp³-hybridized carbons (Fsp3) is 0.692. The number of rotatable bonds is 6. The van der Waals surface area contributed by atoms with Crippen molar-refractivity contribution in [1.82, 2.24) is 5.32 Å². The van der Waals surface area contributed by atoms with E-state index in [9.17, 15) is 0 Å². The second kappa shape index (κ2) is 6.45. The normalized spacial score (nSPS) is 15.4. The lowest BCUT2D eigenvalue weighted by Crippen LogP contribution is -2.34. The van der Waals surface area contributed by atoms with Crippen LogP contribution in [0.2, 0.25) is 0 Å². The van der Waals surface area contributed by atoms with E-state index in [1.165, 1.54) is 12.8 Å². The van der Waals surface area contributed by atoms with Gasteiger partial charge >= 0.3 is 0 Å². The first-order valence-electron chi connectivity index (χ1n) is 6.09. The summed E-state index contributed by atoms with van der Waals surface area (Å²) in [6.45, 7) is 8.90. The Morgan fingerprint density at radius 1 is 1.25 bits per heavy atom. The quantitative estimate of drug-likeness (QED) is 0.832. The third-order valence-corrected chi connectivity index (χ3v) is 3.72. The minimum absolute atomic E-state index is 0.266. The molecule has 3 heteroatoms. The van der Waals surface area contributed by atoms with Gasteiger partial charge in [0.2, 0.25) is 0 Å². The third-order valence-electron chi connectivity index (χ3n) is 3.29. The highest BCUT2D eigenvalue weighted by atomic mass is 79.9. The fourth-order valence-corrected chi connectivity index (χ4v) is 2.49. The molecule has 0 saturated carbocycles. The number of halogens is 1. The van der Waals surface area contributed by atoms with Gasteiger partial charge in [-0.2, -0.15) is 0 Å². The Kier molecular flexibility index (Phi) is 5.56. The van der Waals surface area contributed by atoms with Crippen LogP contribution >= 0.6 is 15.9 Å². The molecule has 0 amide bonds. The Balaban J connectivity index is 2.53. The van der Waals surface area contributed by atoms with Crippen LogP contribution < -0.4 is 5.32 Å². The molecule has 0 aromatic carbocycles. The lowest BCUT2D eigenvalue weighted by Gasteiger charge is -2.25. The van der Waals surface area contributed by atoms with Crippen LogP contribution in [0, 0.1) is 5.92 Å². The molecular formula is C13H22BrNO. The standard InChI is InChI=1S/C13H22BrNO/c1-5-11(6-2)9(3)15-10(4)12-7-8-13(14)16-12/h7-11,15H,5-6H2,1-4H3. The molecule has 0 saturated heterocycles. The van der Waals surface area contributed by atoms with Gasteiger partial charge in [0.1, 0.15) is 5.76 Å². The van der Waals surface area contributed by atoms with Crippen molar-refractivity contribution in [3.63, 3.8) is 0 Å². The lowest BCUT2D eigenvalue weighted by molar-refractivity contribution is 0.308. The van der Waals surface area contributed by atoms with E-state index < -0.39 is 0 Å². The Morgan fingerprint density at radius 2 is 1.88 bits per heavy atom. The maximum absolute atomic E-state index is 5.55. The van der Waals surface area contributed by atoms with E-state index in [4.69, 9.17) is 4.42 Å². The highest BCUT2D eigenvalue weighted by molar-refractivity contribution is 9.10. The Bertz CT molecular complexity index is 307. The lowest BCUT2D eigenvalue weighted by atomic mass is 9.95. The first kappa shape index (κ1) is 13.8. The summed E-state index contributed by atoms with van der Waals surface area (Å²) in [6.07, 6.45) is 2.44. The second-order valence-electron chi connectivity index (χ2n) is 4.40. The molecule has 1 aromatic heterocycles. The number of hydrogen-bond donors (Lipinski definition) is 1. The molecule has 0 aliphatic rings. The van der Waals surface area contributed by atoms with E-state index >= 15 is 0 Å². The summed E-state index contributed by atoms with van der Waals surface area (Å²) in [4.78, 5) is 0. The average molecular weight is 288 g/mol. The van der Waals surface area contributed by atoms with Gasteiger partial charge in [0.05, 0.1) is 6.04 Å². The predicted octanol–water partition coefficient (Wildman–Crippen LogP) is 4.52. The molecule has 1 aromatic rings. The second-order valence-corrected chi connectivity index (χ2v) is 5.18. The molecular weight excluding hydrogens is 266 g/mol. The van der Waals surface area contributed by atoms with Crippen molar-refractivity contribution in [1.29, 1.82) is 0 Å². The highest BCUT2D eigenvalue weighted by Gasteiger charge is 2.17. The number of furan rings is 1. The molecule has 1 rings (SSSR count). The summed E-state index contributed by atoms with van der Waals surface area (Å²) < 4.78 is 6.34. The fourth-order valence-electron chi connectivity index (χ4n) is 2.17. The highest BCUT2D eigenvalue weighted by Crippen LogP contribution is 2.22.